The molecule has 120 valence electrons. The summed E-state index contributed by atoms with van der Waals surface area (Å²) in [7, 11) is 1.63. The number of rotatable bonds is 4. The molecule has 7 heteroatoms. The molecule has 4 rings (SSSR count). The second kappa shape index (κ2) is 6.10. The summed E-state index contributed by atoms with van der Waals surface area (Å²) >= 11 is 2.84. The van der Waals surface area contributed by atoms with Gasteiger partial charge in [-0.3, -0.25) is 10.1 Å². The number of ether oxygens (including phenoxy) is 1. The number of anilines is 1. The normalized spacial score (nSPS) is 10.9. The third-order valence-corrected chi connectivity index (χ3v) is 5.39. The van der Waals surface area contributed by atoms with Crippen LogP contribution in [0.4, 0.5) is 5.13 Å². The molecule has 3 heterocycles. The Bertz CT molecular complexity index is 1000. The van der Waals surface area contributed by atoms with E-state index in [0.29, 0.717) is 10.0 Å². The summed E-state index contributed by atoms with van der Waals surface area (Å²) in [6, 6.07) is 11.5. The zero-order valence-corrected chi connectivity index (χ0v) is 14.4. The van der Waals surface area contributed by atoms with Crippen molar-refractivity contribution in [1.29, 1.82) is 0 Å². The molecule has 1 amide bonds. The number of carbonyl (C=O) groups is 1. The number of carbonyl (C=O) groups excluding carboxylic acids is 1. The minimum Gasteiger partial charge on any atom is -0.497 e. The lowest BCUT2D eigenvalue weighted by Crippen LogP contribution is -2.12. The fourth-order valence-electron chi connectivity index (χ4n) is 2.41. The smallest absolute Gasteiger partial charge is 0.269 e. The Morgan fingerprint density at radius 2 is 2.08 bits per heavy atom. The van der Waals surface area contributed by atoms with E-state index in [2.05, 4.69) is 10.3 Å². The van der Waals surface area contributed by atoms with Crippen molar-refractivity contribution < 1.29 is 9.53 Å². The Balaban J connectivity index is 1.62. The first kappa shape index (κ1) is 14.9. The van der Waals surface area contributed by atoms with E-state index in [0.717, 1.165) is 21.7 Å². The van der Waals surface area contributed by atoms with E-state index < -0.39 is 0 Å². The van der Waals surface area contributed by atoms with Crippen LogP contribution < -0.4 is 10.1 Å². The second-order valence-electron chi connectivity index (χ2n) is 5.03. The van der Waals surface area contributed by atoms with E-state index in [1.165, 1.54) is 22.7 Å². The van der Waals surface area contributed by atoms with Gasteiger partial charge in [-0.05, 0) is 41.8 Å². The molecule has 1 N–H and O–H groups in total. The molecule has 3 aromatic heterocycles. The van der Waals surface area contributed by atoms with Crippen LogP contribution in [-0.4, -0.2) is 22.6 Å². The highest BCUT2D eigenvalue weighted by Gasteiger charge is 2.16. The SMILES string of the molecule is COc1ccc2nc(NC(=O)c3sccc3-n3cccc3)sc2c1. The summed E-state index contributed by atoms with van der Waals surface area (Å²) < 4.78 is 8.12. The van der Waals surface area contributed by atoms with Gasteiger partial charge in [0.2, 0.25) is 0 Å². The molecule has 0 atom stereocenters. The number of aromatic nitrogens is 2. The van der Waals surface area contributed by atoms with Gasteiger partial charge in [-0.15, -0.1) is 11.3 Å². The summed E-state index contributed by atoms with van der Waals surface area (Å²) in [4.78, 5) is 17.7. The third kappa shape index (κ3) is 2.68. The molecule has 1 aromatic carbocycles. The maximum absolute atomic E-state index is 12.6. The molecule has 0 aliphatic heterocycles. The van der Waals surface area contributed by atoms with Crippen LogP contribution in [-0.2, 0) is 0 Å². The van der Waals surface area contributed by atoms with E-state index in [4.69, 9.17) is 4.74 Å². The van der Waals surface area contributed by atoms with Crippen molar-refractivity contribution in [2.45, 2.75) is 0 Å². The number of thiazole rings is 1. The van der Waals surface area contributed by atoms with Crippen molar-refractivity contribution in [1.82, 2.24) is 9.55 Å². The lowest BCUT2D eigenvalue weighted by Gasteiger charge is -2.04. The Kier molecular flexibility index (Phi) is 3.79. The minimum atomic E-state index is -0.153. The largest absolute Gasteiger partial charge is 0.497 e. The number of thiophene rings is 1. The number of nitrogens with one attached hydrogen (secondary N) is 1. The van der Waals surface area contributed by atoms with E-state index in [9.17, 15) is 4.79 Å². The summed E-state index contributed by atoms with van der Waals surface area (Å²) in [6.45, 7) is 0. The van der Waals surface area contributed by atoms with Gasteiger partial charge in [0, 0.05) is 12.4 Å². The zero-order valence-electron chi connectivity index (χ0n) is 12.7. The van der Waals surface area contributed by atoms with Crippen molar-refractivity contribution in [2.75, 3.05) is 12.4 Å². The molecule has 0 bridgehead atoms. The predicted octanol–water partition coefficient (Wildman–Crippen LogP) is 4.41. The van der Waals surface area contributed by atoms with Crippen molar-refractivity contribution >= 4 is 43.9 Å². The topological polar surface area (TPSA) is 56.1 Å². The monoisotopic (exact) mass is 355 g/mol. The summed E-state index contributed by atoms with van der Waals surface area (Å²) in [5, 5.41) is 5.39. The third-order valence-electron chi connectivity index (χ3n) is 3.55. The first-order valence-corrected chi connectivity index (χ1v) is 8.91. The van der Waals surface area contributed by atoms with Gasteiger partial charge in [0.25, 0.3) is 5.91 Å². The number of hydrogen-bond acceptors (Lipinski definition) is 5. The molecule has 5 nitrogen and oxygen atoms in total. The van der Waals surface area contributed by atoms with Crippen molar-refractivity contribution in [3.63, 3.8) is 0 Å². The first-order chi connectivity index (χ1) is 11.7. The fourth-order valence-corrected chi connectivity index (χ4v) is 4.08. The number of hydrogen-bond donors (Lipinski definition) is 1. The molecule has 0 saturated carbocycles. The average Bonchev–Trinajstić information content (AvgIpc) is 3.32. The van der Waals surface area contributed by atoms with Crippen molar-refractivity contribution in [3.8, 4) is 11.4 Å². The van der Waals surface area contributed by atoms with Crippen molar-refractivity contribution in [3.05, 3.63) is 59.0 Å². The first-order valence-electron chi connectivity index (χ1n) is 7.21. The van der Waals surface area contributed by atoms with E-state index in [1.807, 2.05) is 58.7 Å². The Labute approximate surface area is 146 Å². The Hall–Kier alpha value is -2.64. The van der Waals surface area contributed by atoms with E-state index in [1.54, 1.807) is 7.11 Å². The number of methoxy groups -OCH3 is 1. The predicted molar refractivity (Wildman–Crippen MR) is 97.8 cm³/mol. The highest BCUT2D eigenvalue weighted by Crippen LogP contribution is 2.30. The molecule has 0 saturated heterocycles. The molecule has 0 aliphatic carbocycles. The van der Waals surface area contributed by atoms with Crippen LogP contribution in [0.25, 0.3) is 15.9 Å². The average molecular weight is 355 g/mol. The van der Waals surface area contributed by atoms with E-state index >= 15 is 0 Å². The van der Waals surface area contributed by atoms with Crippen LogP contribution in [0.15, 0.2) is 54.2 Å². The zero-order chi connectivity index (χ0) is 16.5. The molecule has 0 radical (unpaired) electrons. The molecular formula is C17H13N3O2S2. The number of fused-ring (bicyclic) bond motifs is 1. The maximum Gasteiger partial charge on any atom is 0.269 e. The maximum atomic E-state index is 12.6. The Morgan fingerprint density at radius 1 is 1.25 bits per heavy atom. The summed E-state index contributed by atoms with van der Waals surface area (Å²) in [5.74, 6) is 0.622. The van der Waals surface area contributed by atoms with Gasteiger partial charge in [0.15, 0.2) is 5.13 Å². The fraction of sp³-hybridized carbons (Fsp3) is 0.0588. The number of amides is 1. The van der Waals surface area contributed by atoms with Crippen LogP contribution >= 0.6 is 22.7 Å². The van der Waals surface area contributed by atoms with Gasteiger partial charge >= 0.3 is 0 Å². The van der Waals surface area contributed by atoms with Gasteiger partial charge < -0.3 is 9.30 Å². The lowest BCUT2D eigenvalue weighted by atomic mass is 10.3. The molecule has 24 heavy (non-hydrogen) atoms. The molecule has 0 aliphatic rings. The molecule has 0 spiro atoms. The van der Waals surface area contributed by atoms with Crippen molar-refractivity contribution in [2.24, 2.45) is 0 Å². The summed E-state index contributed by atoms with van der Waals surface area (Å²) in [6.07, 6.45) is 3.84. The highest BCUT2D eigenvalue weighted by molar-refractivity contribution is 7.22. The number of nitrogens with zero attached hydrogens (tertiary/aromatic N) is 2. The van der Waals surface area contributed by atoms with Gasteiger partial charge in [-0.1, -0.05) is 11.3 Å². The quantitative estimate of drug-likeness (QED) is 0.590. The summed E-state index contributed by atoms with van der Waals surface area (Å²) in [5.41, 5.74) is 1.71. The number of benzene rings is 1. The minimum absolute atomic E-state index is 0.153. The van der Waals surface area contributed by atoms with Crippen LogP contribution in [0.3, 0.4) is 0 Å². The van der Waals surface area contributed by atoms with Gasteiger partial charge in [0.05, 0.1) is 23.0 Å². The van der Waals surface area contributed by atoms with Crippen LogP contribution in [0.1, 0.15) is 9.67 Å². The van der Waals surface area contributed by atoms with Gasteiger partial charge in [-0.25, -0.2) is 4.98 Å². The molecular weight excluding hydrogens is 342 g/mol. The standard InChI is InChI=1S/C17H13N3O2S2/c1-22-11-4-5-12-14(10-11)24-17(18-12)19-16(21)15-13(6-9-23-15)20-7-2-3-8-20/h2-10H,1H3,(H,18,19,21). The lowest BCUT2D eigenvalue weighted by molar-refractivity contribution is 0.103. The highest BCUT2D eigenvalue weighted by atomic mass is 32.1. The van der Waals surface area contributed by atoms with Gasteiger partial charge in [-0.2, -0.15) is 0 Å². The Morgan fingerprint density at radius 3 is 2.88 bits per heavy atom. The van der Waals surface area contributed by atoms with E-state index in [-0.39, 0.29) is 5.91 Å². The van der Waals surface area contributed by atoms with Gasteiger partial charge in [0.1, 0.15) is 10.6 Å². The van der Waals surface area contributed by atoms with Crippen LogP contribution in [0.2, 0.25) is 0 Å². The molecule has 0 unspecified atom stereocenters. The van der Waals surface area contributed by atoms with Crippen LogP contribution in [0, 0.1) is 0 Å². The molecule has 0 fully saturated rings. The molecule has 4 aromatic rings. The second-order valence-corrected chi connectivity index (χ2v) is 6.98. The van der Waals surface area contributed by atoms with Crippen LogP contribution in [0.5, 0.6) is 5.75 Å².